The smallest absolute Gasteiger partial charge is 0.222 e. The van der Waals surface area contributed by atoms with Crippen molar-refractivity contribution in [1.82, 2.24) is 9.80 Å². The molecule has 1 atom stereocenters. The van der Waals surface area contributed by atoms with E-state index in [1.807, 2.05) is 30.0 Å². The minimum Gasteiger partial charge on any atom is -0.340 e. The Labute approximate surface area is 127 Å². The van der Waals surface area contributed by atoms with Crippen LogP contribution in [0.4, 0.5) is 0 Å². The van der Waals surface area contributed by atoms with E-state index >= 15 is 0 Å². The number of nitriles is 1. The molecule has 1 amide bonds. The Morgan fingerprint density at radius 3 is 2.52 bits per heavy atom. The number of nitrogens with zero attached hydrogens (tertiary/aromatic N) is 3. The van der Waals surface area contributed by atoms with Crippen LogP contribution in [0, 0.1) is 11.3 Å². The molecule has 1 aromatic rings. The van der Waals surface area contributed by atoms with Crippen molar-refractivity contribution in [1.29, 1.82) is 5.26 Å². The molecule has 1 aliphatic heterocycles. The zero-order valence-corrected chi connectivity index (χ0v) is 12.7. The molecule has 1 heterocycles. The summed E-state index contributed by atoms with van der Waals surface area (Å²) >= 11 is 0. The van der Waals surface area contributed by atoms with Crippen molar-refractivity contribution in [2.45, 2.75) is 32.2 Å². The number of carbonyl (C=O) groups excluding carboxylic acids is 1. The number of hydrogen-bond acceptors (Lipinski definition) is 3. The standard InChI is InChI=1S/C17H23N3O/c1-15(14-18)19-10-12-20(13-11-19)17(21)9-5-8-16-6-3-2-4-7-16/h2-4,6-7,15H,5,8-13H2,1H3. The highest BCUT2D eigenvalue weighted by atomic mass is 16.2. The lowest BCUT2D eigenvalue weighted by atomic mass is 10.1. The van der Waals surface area contributed by atoms with Crippen LogP contribution in [0.2, 0.25) is 0 Å². The van der Waals surface area contributed by atoms with Crippen molar-refractivity contribution in [2.75, 3.05) is 26.2 Å². The lowest BCUT2D eigenvalue weighted by Crippen LogP contribution is -2.51. The average Bonchev–Trinajstić information content (AvgIpc) is 2.55. The Bertz CT molecular complexity index is 487. The van der Waals surface area contributed by atoms with Gasteiger partial charge >= 0.3 is 0 Å². The fourth-order valence-corrected chi connectivity index (χ4v) is 2.69. The van der Waals surface area contributed by atoms with Gasteiger partial charge in [0.15, 0.2) is 0 Å². The van der Waals surface area contributed by atoms with E-state index in [-0.39, 0.29) is 11.9 Å². The fraction of sp³-hybridized carbons (Fsp3) is 0.529. The summed E-state index contributed by atoms with van der Waals surface area (Å²) in [6.07, 6.45) is 2.47. The maximum Gasteiger partial charge on any atom is 0.222 e. The lowest BCUT2D eigenvalue weighted by Gasteiger charge is -2.36. The number of carbonyl (C=O) groups is 1. The summed E-state index contributed by atoms with van der Waals surface area (Å²) in [7, 11) is 0. The third kappa shape index (κ3) is 4.57. The molecule has 0 aromatic heterocycles. The predicted octanol–water partition coefficient (Wildman–Crippen LogP) is 2.07. The Hall–Kier alpha value is -1.86. The molecule has 0 bridgehead atoms. The minimum atomic E-state index is -0.0552. The highest BCUT2D eigenvalue weighted by Gasteiger charge is 2.23. The normalized spacial score (nSPS) is 17.2. The van der Waals surface area contributed by atoms with Crippen LogP contribution in [0.1, 0.15) is 25.3 Å². The molecular weight excluding hydrogens is 262 g/mol. The first-order chi connectivity index (χ1) is 10.2. The van der Waals surface area contributed by atoms with Crippen molar-refractivity contribution in [3.05, 3.63) is 35.9 Å². The van der Waals surface area contributed by atoms with Crippen LogP contribution >= 0.6 is 0 Å². The van der Waals surface area contributed by atoms with Crippen molar-refractivity contribution < 1.29 is 4.79 Å². The van der Waals surface area contributed by atoms with Crippen LogP contribution in [0.3, 0.4) is 0 Å². The molecule has 0 saturated carbocycles. The van der Waals surface area contributed by atoms with Gasteiger partial charge in [-0.3, -0.25) is 9.69 Å². The number of amides is 1. The van der Waals surface area contributed by atoms with Gasteiger partial charge in [0.2, 0.25) is 5.91 Å². The second-order valence-corrected chi connectivity index (χ2v) is 5.56. The van der Waals surface area contributed by atoms with E-state index in [1.165, 1.54) is 5.56 Å². The van der Waals surface area contributed by atoms with Crippen molar-refractivity contribution in [3.63, 3.8) is 0 Å². The van der Waals surface area contributed by atoms with Crippen molar-refractivity contribution in [2.24, 2.45) is 0 Å². The molecule has 1 saturated heterocycles. The molecule has 0 spiro atoms. The molecular formula is C17H23N3O. The summed E-state index contributed by atoms with van der Waals surface area (Å²) in [4.78, 5) is 16.2. The van der Waals surface area contributed by atoms with Gasteiger partial charge in [0.1, 0.15) is 0 Å². The number of piperazine rings is 1. The molecule has 0 aliphatic carbocycles. The van der Waals surface area contributed by atoms with Crippen LogP contribution in [0.5, 0.6) is 0 Å². The predicted molar refractivity (Wildman–Crippen MR) is 82.6 cm³/mol. The molecule has 1 aliphatic rings. The molecule has 1 fully saturated rings. The minimum absolute atomic E-state index is 0.0552. The van der Waals surface area contributed by atoms with Gasteiger partial charge < -0.3 is 4.90 Å². The molecule has 2 rings (SSSR count). The van der Waals surface area contributed by atoms with Gasteiger partial charge in [0.05, 0.1) is 12.1 Å². The third-order valence-corrected chi connectivity index (χ3v) is 4.10. The van der Waals surface area contributed by atoms with Gasteiger partial charge in [-0.1, -0.05) is 30.3 Å². The SMILES string of the molecule is CC(C#N)N1CCN(C(=O)CCCc2ccccc2)CC1. The molecule has 112 valence electrons. The largest absolute Gasteiger partial charge is 0.340 e. The van der Waals surface area contributed by atoms with Gasteiger partial charge in [0.25, 0.3) is 0 Å². The van der Waals surface area contributed by atoms with Crippen LogP contribution < -0.4 is 0 Å². The van der Waals surface area contributed by atoms with Gasteiger partial charge in [0, 0.05) is 32.6 Å². The number of hydrogen-bond donors (Lipinski definition) is 0. The van der Waals surface area contributed by atoms with Gasteiger partial charge in [-0.25, -0.2) is 0 Å². The van der Waals surface area contributed by atoms with Crippen LogP contribution in [-0.4, -0.2) is 47.9 Å². The maximum absolute atomic E-state index is 12.2. The van der Waals surface area contributed by atoms with Crippen LogP contribution in [0.15, 0.2) is 30.3 Å². The Morgan fingerprint density at radius 1 is 1.24 bits per heavy atom. The van der Waals surface area contributed by atoms with E-state index in [0.717, 1.165) is 39.0 Å². The molecule has 4 nitrogen and oxygen atoms in total. The quantitative estimate of drug-likeness (QED) is 0.832. The number of aryl methyl sites for hydroxylation is 1. The summed E-state index contributed by atoms with van der Waals surface area (Å²) in [5, 5.41) is 8.91. The Kier molecular flexibility index (Phi) is 5.77. The summed E-state index contributed by atoms with van der Waals surface area (Å²) in [5.74, 6) is 0.246. The first-order valence-electron chi connectivity index (χ1n) is 7.66. The highest BCUT2D eigenvalue weighted by Crippen LogP contribution is 2.10. The second-order valence-electron chi connectivity index (χ2n) is 5.56. The summed E-state index contributed by atoms with van der Waals surface area (Å²) < 4.78 is 0. The zero-order chi connectivity index (χ0) is 15.1. The van der Waals surface area contributed by atoms with Crippen LogP contribution in [-0.2, 0) is 11.2 Å². The first kappa shape index (κ1) is 15.5. The van der Waals surface area contributed by atoms with Gasteiger partial charge in [-0.15, -0.1) is 0 Å². The number of benzene rings is 1. The van der Waals surface area contributed by atoms with Crippen LogP contribution in [0.25, 0.3) is 0 Å². The monoisotopic (exact) mass is 285 g/mol. The van der Waals surface area contributed by atoms with Gasteiger partial charge in [-0.2, -0.15) is 5.26 Å². The summed E-state index contributed by atoms with van der Waals surface area (Å²) in [6.45, 7) is 5.02. The summed E-state index contributed by atoms with van der Waals surface area (Å²) in [5.41, 5.74) is 1.29. The molecule has 1 aromatic carbocycles. The summed E-state index contributed by atoms with van der Waals surface area (Å²) in [6, 6.07) is 12.5. The van der Waals surface area contributed by atoms with E-state index in [1.54, 1.807) is 0 Å². The molecule has 4 heteroatoms. The Balaban J connectivity index is 1.69. The van der Waals surface area contributed by atoms with E-state index in [0.29, 0.717) is 6.42 Å². The first-order valence-corrected chi connectivity index (χ1v) is 7.66. The van der Waals surface area contributed by atoms with E-state index in [2.05, 4.69) is 23.1 Å². The third-order valence-electron chi connectivity index (χ3n) is 4.10. The lowest BCUT2D eigenvalue weighted by molar-refractivity contribution is -0.133. The highest BCUT2D eigenvalue weighted by molar-refractivity contribution is 5.76. The van der Waals surface area contributed by atoms with Gasteiger partial charge in [-0.05, 0) is 25.3 Å². The maximum atomic E-state index is 12.2. The number of rotatable bonds is 5. The fourth-order valence-electron chi connectivity index (χ4n) is 2.69. The van der Waals surface area contributed by atoms with E-state index in [4.69, 9.17) is 5.26 Å². The topological polar surface area (TPSA) is 47.3 Å². The zero-order valence-electron chi connectivity index (χ0n) is 12.7. The van der Waals surface area contributed by atoms with Crippen molar-refractivity contribution in [3.8, 4) is 6.07 Å². The Morgan fingerprint density at radius 2 is 1.90 bits per heavy atom. The molecule has 0 N–H and O–H groups in total. The molecule has 0 radical (unpaired) electrons. The van der Waals surface area contributed by atoms with Crippen molar-refractivity contribution >= 4 is 5.91 Å². The van der Waals surface area contributed by atoms with E-state index in [9.17, 15) is 4.79 Å². The average molecular weight is 285 g/mol. The molecule has 21 heavy (non-hydrogen) atoms. The molecule has 1 unspecified atom stereocenters. The second kappa shape index (κ2) is 7.80. The van der Waals surface area contributed by atoms with E-state index < -0.39 is 0 Å².